The van der Waals surface area contributed by atoms with Gasteiger partial charge < -0.3 is 34.3 Å². The third kappa shape index (κ3) is 40.9. The number of carbonyl (C=O) groups is 1. The van der Waals surface area contributed by atoms with E-state index >= 15 is 0 Å². The zero-order valence-corrected chi connectivity index (χ0v) is 45.0. The number of carbonyl (C=O) groups excluding carboxylic acids is 1. The minimum absolute atomic E-state index is 0.0135. The maximum atomic E-state index is 12.9. The van der Waals surface area contributed by atoms with Crippen molar-refractivity contribution in [2.24, 2.45) is 0 Å². The zero-order chi connectivity index (χ0) is 52.4. The molecule has 0 bridgehead atoms. The van der Waals surface area contributed by atoms with Crippen molar-refractivity contribution in [3.8, 4) is 0 Å². The minimum atomic E-state index is -5.08. The van der Waals surface area contributed by atoms with Gasteiger partial charge in [0.15, 0.2) is 6.29 Å². The number of esters is 1. The highest BCUT2D eigenvalue weighted by molar-refractivity contribution is 7.80. The van der Waals surface area contributed by atoms with Crippen LogP contribution in [0, 0.1) is 0 Å². The van der Waals surface area contributed by atoms with E-state index in [-0.39, 0.29) is 19.6 Å². The summed E-state index contributed by atoms with van der Waals surface area (Å²) in [6, 6.07) is 0. The number of hydrogen-bond donors (Lipinski definition) is 4. The number of allylic oxidation sites excluding steroid dienone is 20. The van der Waals surface area contributed by atoms with E-state index < -0.39 is 59.8 Å². The zero-order valence-electron chi connectivity index (χ0n) is 44.2. The molecule has 6 unspecified atom stereocenters. The van der Waals surface area contributed by atoms with Gasteiger partial charge in [0.1, 0.15) is 30.5 Å². The van der Waals surface area contributed by atoms with Crippen LogP contribution in [0.15, 0.2) is 122 Å². The molecule has 1 fully saturated rings. The Morgan fingerprint density at radius 1 is 0.528 bits per heavy atom. The molecule has 1 aliphatic rings. The van der Waals surface area contributed by atoms with Gasteiger partial charge in [-0.3, -0.25) is 9.35 Å². The molecule has 0 amide bonds. The third-order valence-corrected chi connectivity index (χ3v) is 12.0. The number of aliphatic hydroxyl groups is 3. The van der Waals surface area contributed by atoms with E-state index in [4.69, 9.17) is 18.9 Å². The second-order valence-corrected chi connectivity index (χ2v) is 19.1. The molecule has 0 aromatic heterocycles. The van der Waals surface area contributed by atoms with Gasteiger partial charge in [-0.2, -0.15) is 8.42 Å². The quantitative estimate of drug-likeness (QED) is 0.0197. The predicted molar refractivity (Wildman–Crippen MR) is 294 cm³/mol. The van der Waals surface area contributed by atoms with Crippen molar-refractivity contribution in [3.63, 3.8) is 0 Å². The number of rotatable bonds is 46. The largest absolute Gasteiger partial charge is 0.457 e. The summed E-state index contributed by atoms with van der Waals surface area (Å²) in [7, 11) is -5.08. The van der Waals surface area contributed by atoms with Crippen molar-refractivity contribution < 1.29 is 56.2 Å². The fraction of sp³-hybridized carbons (Fsp3) is 0.644. The van der Waals surface area contributed by atoms with Crippen LogP contribution in [0.2, 0.25) is 0 Å². The van der Waals surface area contributed by atoms with Crippen LogP contribution < -0.4 is 0 Å². The van der Waals surface area contributed by atoms with Gasteiger partial charge in [0.2, 0.25) is 0 Å². The molecule has 1 saturated heterocycles. The van der Waals surface area contributed by atoms with Gasteiger partial charge in [-0.1, -0.05) is 193 Å². The van der Waals surface area contributed by atoms with Crippen molar-refractivity contribution in [1.29, 1.82) is 0 Å². The van der Waals surface area contributed by atoms with Crippen LogP contribution >= 0.6 is 0 Å². The summed E-state index contributed by atoms with van der Waals surface area (Å²) < 4.78 is 59.3. The smallest absolute Gasteiger partial charge is 0.397 e. The van der Waals surface area contributed by atoms with E-state index in [0.29, 0.717) is 13.0 Å². The molecule has 72 heavy (non-hydrogen) atoms. The molecular weight excluding hydrogens is 933 g/mol. The SMILES string of the molecule is CC/C=C\C/C=C\C/C=C\C/C=C\C/C=C\C/C=C\CCCCCCCCC(=O)OC(COCCCCCCCCC/C=C\C/C=C\C/C=C\C/C=C\CC)COC1OC(CO)C(O)C(OS(=O)(=O)O)C1O. The van der Waals surface area contributed by atoms with Crippen LogP contribution in [-0.4, -0.2) is 97.5 Å². The summed E-state index contributed by atoms with van der Waals surface area (Å²) in [5.41, 5.74) is 0. The van der Waals surface area contributed by atoms with Gasteiger partial charge in [0.25, 0.3) is 0 Å². The van der Waals surface area contributed by atoms with Crippen LogP contribution in [-0.2, 0) is 38.3 Å². The van der Waals surface area contributed by atoms with Crippen molar-refractivity contribution >= 4 is 16.4 Å². The third-order valence-electron chi connectivity index (χ3n) is 11.6. The highest BCUT2D eigenvalue weighted by Gasteiger charge is 2.48. The van der Waals surface area contributed by atoms with Crippen LogP contribution in [0.4, 0.5) is 0 Å². The van der Waals surface area contributed by atoms with Crippen molar-refractivity contribution in [3.05, 3.63) is 122 Å². The Bertz CT molecular complexity index is 1710. The van der Waals surface area contributed by atoms with Crippen LogP contribution in [0.1, 0.15) is 181 Å². The predicted octanol–water partition coefficient (Wildman–Crippen LogP) is 13.3. The van der Waals surface area contributed by atoms with Gasteiger partial charge >= 0.3 is 16.4 Å². The van der Waals surface area contributed by atoms with E-state index in [0.717, 1.165) is 135 Å². The van der Waals surface area contributed by atoms with E-state index in [9.17, 15) is 33.1 Å². The summed E-state index contributed by atoms with van der Waals surface area (Å²) in [5, 5.41) is 30.8. The highest BCUT2D eigenvalue weighted by Crippen LogP contribution is 2.26. The first-order valence-corrected chi connectivity index (χ1v) is 28.7. The Morgan fingerprint density at radius 2 is 0.917 bits per heavy atom. The molecule has 0 spiro atoms. The average molecular weight is 1030 g/mol. The van der Waals surface area contributed by atoms with Crippen LogP contribution in [0.3, 0.4) is 0 Å². The lowest BCUT2D eigenvalue weighted by Crippen LogP contribution is -2.60. The lowest BCUT2D eigenvalue weighted by molar-refractivity contribution is -0.301. The summed E-state index contributed by atoms with van der Waals surface area (Å²) in [4.78, 5) is 12.9. The standard InChI is InChI=1S/C59H96O12S/c1-3-5-7-9-11-13-15-17-19-21-23-25-26-27-28-29-30-32-34-36-38-40-42-44-46-48-55(61)69-53(52-68-59-57(63)58(71-72(64,65)66)56(62)54(50-60)70-59)51-67-49-47-45-43-41-39-37-35-33-31-24-22-20-18-16-14-12-10-8-6-4-2/h5-8,11-14,17-20,23-25,27-28,30-32,53-54,56-60,62-63H,3-4,9-10,15-16,21-22,26,29,33-52H2,1-2H3,(H,64,65,66)/b7-5-,8-6-,13-11-,14-12-,19-17-,20-18-,25-23-,28-27-,31-24-,32-30-. The van der Waals surface area contributed by atoms with Crippen molar-refractivity contribution in [1.82, 2.24) is 0 Å². The summed E-state index contributed by atoms with van der Waals surface area (Å²) in [6.07, 6.45) is 60.8. The number of aliphatic hydroxyl groups excluding tert-OH is 3. The van der Waals surface area contributed by atoms with Gasteiger partial charge in [0.05, 0.1) is 19.8 Å². The Morgan fingerprint density at radius 3 is 1.33 bits per heavy atom. The van der Waals surface area contributed by atoms with Crippen LogP contribution in [0.5, 0.6) is 0 Å². The van der Waals surface area contributed by atoms with Crippen LogP contribution in [0.25, 0.3) is 0 Å². The molecule has 1 aliphatic heterocycles. The molecule has 6 atom stereocenters. The number of unbranched alkanes of at least 4 members (excludes halogenated alkanes) is 13. The summed E-state index contributed by atoms with van der Waals surface area (Å²) in [5.74, 6) is -0.423. The molecule has 0 aromatic carbocycles. The average Bonchev–Trinajstić information content (AvgIpc) is 3.36. The monoisotopic (exact) mass is 1030 g/mol. The number of ether oxygens (including phenoxy) is 4. The fourth-order valence-electron chi connectivity index (χ4n) is 7.55. The minimum Gasteiger partial charge on any atom is -0.457 e. The summed E-state index contributed by atoms with van der Waals surface area (Å²) >= 11 is 0. The maximum Gasteiger partial charge on any atom is 0.397 e. The molecule has 13 heteroatoms. The molecule has 0 aliphatic carbocycles. The second-order valence-electron chi connectivity index (χ2n) is 18.1. The lowest BCUT2D eigenvalue weighted by atomic mass is 9.99. The Hall–Kier alpha value is -3.50. The van der Waals surface area contributed by atoms with Gasteiger partial charge in [-0.15, -0.1) is 0 Å². The molecule has 0 radical (unpaired) electrons. The highest BCUT2D eigenvalue weighted by atomic mass is 32.3. The van der Waals surface area contributed by atoms with Gasteiger partial charge in [-0.25, -0.2) is 4.18 Å². The fourth-order valence-corrected chi connectivity index (χ4v) is 8.06. The maximum absolute atomic E-state index is 12.9. The Balaban J connectivity index is 2.37. The molecule has 12 nitrogen and oxygen atoms in total. The first-order valence-electron chi connectivity index (χ1n) is 27.3. The van der Waals surface area contributed by atoms with E-state index in [2.05, 4.69) is 140 Å². The summed E-state index contributed by atoms with van der Waals surface area (Å²) in [6.45, 7) is 3.71. The first kappa shape index (κ1) is 66.5. The Kier molecular flexibility index (Phi) is 44.7. The Labute approximate surface area is 436 Å². The molecule has 0 aromatic rings. The molecule has 0 saturated carbocycles. The lowest BCUT2D eigenvalue weighted by Gasteiger charge is -2.41. The van der Waals surface area contributed by atoms with Gasteiger partial charge in [-0.05, 0) is 103 Å². The molecule has 1 rings (SSSR count). The first-order chi connectivity index (χ1) is 35.1. The molecule has 410 valence electrons. The van der Waals surface area contributed by atoms with E-state index in [1.807, 2.05) is 0 Å². The van der Waals surface area contributed by atoms with Crippen molar-refractivity contribution in [2.45, 2.75) is 218 Å². The molecule has 4 N–H and O–H groups in total. The topological polar surface area (TPSA) is 178 Å². The van der Waals surface area contributed by atoms with E-state index in [1.165, 1.54) is 19.3 Å². The number of hydrogen-bond acceptors (Lipinski definition) is 11. The van der Waals surface area contributed by atoms with E-state index in [1.54, 1.807) is 0 Å². The molecular formula is C59H96O12S. The normalized spacial score (nSPS) is 19.9. The van der Waals surface area contributed by atoms with Gasteiger partial charge in [0, 0.05) is 13.0 Å². The van der Waals surface area contributed by atoms with Crippen molar-refractivity contribution in [2.75, 3.05) is 26.4 Å². The second kappa shape index (κ2) is 48.4. The molecule has 1 heterocycles.